The zero-order valence-corrected chi connectivity index (χ0v) is 72.3. The third-order valence-electron chi connectivity index (χ3n) is 16.6. The van der Waals surface area contributed by atoms with E-state index in [0.717, 1.165) is 120 Å². The molecule has 0 aliphatic carbocycles. The summed E-state index contributed by atoms with van der Waals surface area (Å²) in [4.78, 5) is 65.7. The molecule has 0 saturated carbocycles. The second-order valence-electron chi connectivity index (χ2n) is 27.1. The van der Waals surface area contributed by atoms with Gasteiger partial charge >= 0.3 is 18.5 Å². The van der Waals surface area contributed by atoms with E-state index in [9.17, 15) is 83.6 Å². The van der Waals surface area contributed by atoms with Crippen molar-refractivity contribution in [1.82, 2.24) is 0 Å². The van der Waals surface area contributed by atoms with Crippen LogP contribution in [0.15, 0.2) is 310 Å². The molecule has 7 aromatic carbocycles. The van der Waals surface area contributed by atoms with Gasteiger partial charge in [-0.2, -0.15) is 39.5 Å². The van der Waals surface area contributed by atoms with Crippen LogP contribution in [0.25, 0.3) is 0 Å². The molecule has 124 heavy (non-hydrogen) atoms. The van der Waals surface area contributed by atoms with Gasteiger partial charge in [0.2, 0.25) is 0 Å². The summed E-state index contributed by atoms with van der Waals surface area (Å²) >= 11 is 17.3. The van der Waals surface area contributed by atoms with E-state index in [1.807, 2.05) is 48.6 Å². The largest absolute Gasteiger partial charge is 0.550 e. The van der Waals surface area contributed by atoms with Crippen molar-refractivity contribution in [1.29, 1.82) is 0 Å². The van der Waals surface area contributed by atoms with Crippen LogP contribution >= 0.6 is 34.8 Å². The minimum absolute atomic E-state index is 0.0232. The Morgan fingerprint density at radius 2 is 0.565 bits per heavy atom. The molecule has 0 aliphatic rings. The monoisotopic (exact) mass is 1780 g/mol. The molecule has 3 atom stereocenters. The summed E-state index contributed by atoms with van der Waals surface area (Å²) < 4.78 is 131. The van der Waals surface area contributed by atoms with E-state index < -0.39 is 71.4 Å². The summed E-state index contributed by atoms with van der Waals surface area (Å²) in [7, 11) is 0. The molecule has 0 amide bonds. The highest BCUT2D eigenvalue weighted by Gasteiger charge is 2.34. The summed E-state index contributed by atoms with van der Waals surface area (Å²) in [6, 6.07) is 42.2. The molecule has 0 spiro atoms. The van der Waals surface area contributed by atoms with Gasteiger partial charge < -0.3 is 43.9 Å². The molecular formula is C100H107Cl3F9O12-3. The fraction of sp³-hybridized carbons (Fsp3) is 0.300. The van der Waals surface area contributed by atoms with Crippen molar-refractivity contribution in [2.75, 3.05) is 0 Å². The van der Waals surface area contributed by atoms with Gasteiger partial charge in [-0.3, -0.25) is 14.4 Å². The molecule has 0 aromatic heterocycles. The van der Waals surface area contributed by atoms with Gasteiger partial charge in [0.05, 0.1) is 16.7 Å². The second kappa shape index (κ2) is 64.5. The van der Waals surface area contributed by atoms with Gasteiger partial charge in [-0.05, 0) is 256 Å². The number of carboxylic acid groups (broad SMARTS) is 3. The molecule has 0 aliphatic heterocycles. The summed E-state index contributed by atoms with van der Waals surface area (Å²) in [6.07, 6.45) is 45.5. The van der Waals surface area contributed by atoms with Gasteiger partial charge in [-0.1, -0.05) is 267 Å². The fourth-order valence-corrected chi connectivity index (χ4v) is 10.7. The average Bonchev–Trinajstić information content (AvgIpc) is 0.838. The number of Topliss-reactive ketones (excluding diaryl/α,β-unsaturated/α-hetero) is 3. The Hall–Kier alpha value is -11.3. The number of benzene rings is 7. The number of alkyl halides is 9. The first-order valence-electron chi connectivity index (χ1n) is 40.2. The first-order valence-corrected chi connectivity index (χ1v) is 41.4. The predicted octanol–water partition coefficient (Wildman–Crippen LogP) is 25.8. The first-order chi connectivity index (χ1) is 59.1. The number of hydrogen-bond donors (Lipinski definition) is 0. The van der Waals surface area contributed by atoms with E-state index >= 15 is 0 Å². The van der Waals surface area contributed by atoms with Crippen LogP contribution in [-0.2, 0) is 53.7 Å². The molecular weight excluding hydrogens is 1670 g/mol. The van der Waals surface area contributed by atoms with Crippen molar-refractivity contribution in [2.45, 2.75) is 193 Å². The number of halogens is 12. The highest BCUT2D eigenvalue weighted by Crippen LogP contribution is 2.37. The quantitative estimate of drug-likeness (QED) is 0.0199. The molecule has 0 radical (unpaired) electrons. The minimum Gasteiger partial charge on any atom is -0.550 e. The van der Waals surface area contributed by atoms with E-state index in [4.69, 9.17) is 49.0 Å². The lowest BCUT2D eigenvalue weighted by Crippen LogP contribution is -2.21. The standard InChI is InChI=1S/C22H32O2.C20H30O2.3C16H12ClF3O2.C10H12O2/c1-2-3-4-5-6-7-8-9-10-11-12-13-14-15-16-17-18-19-20-21-22(23)24;1-2-3-4-5-6-7-8-9-10-11-12-13-14-15-16-17-18-19-20(21)22;3*1-10(21)15(11-5-7-13(17)8-6-11)22-14-4-2-3-12(9-14)16(18,19)20;11-10(12)8-4-7-9-5-2-1-3-6-9/h3-4,6-7,9-10,12-13,15-16,18-19H,2,5,8,11,14,17,20-21H2,1H3,(H,23,24);3-4,6-7,9-10,12-13,15-16H,2,5,8,11,14,17-19H2,1H3,(H,21,22);3*2-9,15H,1H3;1-3,5-6H,4,7-8H2,(H,11,12)/p-3/b4-3-,7-6-,10-9-,13-12-,16-15-,19-18-;4-3-,7-6-,10-9-,13-12-,16-15-;;;;/t;;2*15-;;/m..10../s1. The maximum Gasteiger partial charge on any atom is 0.416 e. The van der Waals surface area contributed by atoms with Crippen molar-refractivity contribution < 1.29 is 97.8 Å². The van der Waals surface area contributed by atoms with Crippen LogP contribution in [0.2, 0.25) is 15.1 Å². The molecule has 24 heteroatoms. The summed E-state index contributed by atoms with van der Waals surface area (Å²) in [5, 5.41) is 32.0. The Bertz CT molecular complexity index is 4300. The third kappa shape index (κ3) is 54.3. The van der Waals surface area contributed by atoms with Crippen LogP contribution in [0.1, 0.15) is 207 Å². The second-order valence-corrected chi connectivity index (χ2v) is 28.4. The number of aliphatic carboxylic acids is 3. The molecule has 0 fully saturated rings. The SMILES string of the molecule is CC(=O)C(Oc1cccc(C(F)(F)F)c1)c1ccc(Cl)cc1.CC(=O)[C@@H](Oc1cccc(C(F)(F)F)c1)c1ccc(Cl)cc1.CC(=O)[C@H](Oc1cccc(C(F)(F)F)c1)c1ccc(Cl)cc1.CC/C=C\C/C=C\C/C=C\C/C=C\C/C=C\C/C=C\CCC(=O)[O-].CC/C=C\C/C=C\C/C=C\C/C=C\C/C=C\CCCC(=O)[O-].O=C([O-])CCCc1ccccc1. The predicted molar refractivity (Wildman–Crippen MR) is 471 cm³/mol. The van der Waals surface area contributed by atoms with Gasteiger partial charge in [0, 0.05) is 33.0 Å². The van der Waals surface area contributed by atoms with Crippen molar-refractivity contribution in [3.63, 3.8) is 0 Å². The van der Waals surface area contributed by atoms with Crippen LogP contribution < -0.4 is 29.5 Å². The lowest BCUT2D eigenvalue weighted by molar-refractivity contribution is -0.307. The Labute approximate surface area is 737 Å². The number of carbonyl (C=O) groups excluding carboxylic acids is 6. The first kappa shape index (κ1) is 109. The number of unbranched alkanes of at least 4 members (excludes halogenated alkanes) is 1. The molecule has 1 unspecified atom stereocenters. The number of allylic oxidation sites excluding steroid dienone is 22. The molecule has 0 saturated heterocycles. The summed E-state index contributed by atoms with van der Waals surface area (Å²) in [5.74, 6) is -3.95. The molecule has 666 valence electrons. The lowest BCUT2D eigenvalue weighted by Gasteiger charge is -2.18. The van der Waals surface area contributed by atoms with Crippen LogP contribution in [0.4, 0.5) is 39.5 Å². The summed E-state index contributed by atoms with van der Waals surface area (Å²) in [5.41, 5.74) is 0.256. The van der Waals surface area contributed by atoms with Gasteiger partial charge in [-0.25, -0.2) is 0 Å². The third-order valence-corrected chi connectivity index (χ3v) is 17.3. The van der Waals surface area contributed by atoms with E-state index in [-0.39, 0.29) is 53.9 Å². The van der Waals surface area contributed by atoms with Gasteiger partial charge in [-0.15, -0.1) is 0 Å². The molecule has 0 heterocycles. The van der Waals surface area contributed by atoms with Crippen molar-refractivity contribution >= 4 is 70.1 Å². The van der Waals surface area contributed by atoms with Gasteiger partial charge in [0.25, 0.3) is 0 Å². The van der Waals surface area contributed by atoms with Crippen molar-refractivity contribution in [2.24, 2.45) is 0 Å². The maximum atomic E-state index is 12.7. The minimum atomic E-state index is -4.47. The number of hydrogen-bond acceptors (Lipinski definition) is 12. The van der Waals surface area contributed by atoms with Gasteiger partial charge in [0.1, 0.15) is 17.2 Å². The maximum absolute atomic E-state index is 12.7. The highest BCUT2D eigenvalue weighted by molar-refractivity contribution is 6.31. The van der Waals surface area contributed by atoms with E-state index in [1.54, 1.807) is 72.8 Å². The van der Waals surface area contributed by atoms with Gasteiger partial charge in [0.15, 0.2) is 35.7 Å². The molecule has 7 rings (SSSR count). The number of aryl methyl sites for hydroxylation is 1. The Morgan fingerprint density at radius 1 is 0.315 bits per heavy atom. The number of carbonyl (C=O) groups is 6. The molecule has 0 bridgehead atoms. The fourth-order valence-electron chi connectivity index (χ4n) is 10.4. The lowest BCUT2D eigenvalue weighted by atomic mass is 10.1. The van der Waals surface area contributed by atoms with Crippen LogP contribution in [0.5, 0.6) is 17.2 Å². The Balaban J connectivity index is 0.000000508. The number of carboxylic acids is 3. The molecule has 12 nitrogen and oxygen atoms in total. The zero-order valence-electron chi connectivity index (χ0n) is 70.0. The van der Waals surface area contributed by atoms with Crippen molar-refractivity contribution in [3.05, 3.63) is 364 Å². The van der Waals surface area contributed by atoms with E-state index in [2.05, 4.69) is 129 Å². The Kier molecular flexibility index (Phi) is 56.6. The Morgan fingerprint density at radius 3 is 0.815 bits per heavy atom. The highest BCUT2D eigenvalue weighted by atomic mass is 35.5. The number of rotatable bonds is 43. The van der Waals surface area contributed by atoms with Crippen molar-refractivity contribution in [3.8, 4) is 17.2 Å². The zero-order chi connectivity index (χ0) is 91.8. The smallest absolute Gasteiger partial charge is 0.416 e. The number of ether oxygens (including phenoxy) is 3. The summed E-state index contributed by atoms with van der Waals surface area (Å²) in [6.45, 7) is 8.22. The average molecular weight is 1780 g/mol. The van der Waals surface area contributed by atoms with Crippen LogP contribution in [-0.4, -0.2) is 35.3 Å². The normalized spacial score (nSPS) is 12.5. The van der Waals surface area contributed by atoms with Crippen LogP contribution in [0.3, 0.4) is 0 Å². The molecule has 0 N–H and O–H groups in total. The van der Waals surface area contributed by atoms with Crippen LogP contribution in [0, 0.1) is 0 Å². The van der Waals surface area contributed by atoms with E-state index in [0.29, 0.717) is 51.0 Å². The molecule has 7 aromatic rings. The number of ketones is 3. The topological polar surface area (TPSA) is 199 Å². The van der Waals surface area contributed by atoms with E-state index in [1.165, 1.54) is 62.7 Å².